The molecule has 0 fully saturated rings. The minimum atomic E-state index is -2.04. The summed E-state index contributed by atoms with van der Waals surface area (Å²) in [5, 5.41) is 6.02. The van der Waals surface area contributed by atoms with Crippen molar-refractivity contribution >= 4 is 29.2 Å². The number of rotatable bonds is 4. The minimum absolute atomic E-state index is 1.03. The predicted octanol–water partition coefficient (Wildman–Crippen LogP) is 8.10. The lowest BCUT2D eigenvalue weighted by atomic mass is 9.80. The molecule has 6 rings (SSSR count). The van der Waals surface area contributed by atoms with Crippen LogP contribution >= 0.6 is 0 Å². The molecule has 0 nitrogen and oxygen atoms in total. The highest BCUT2D eigenvalue weighted by atomic mass is 28.3. The normalized spacial score (nSPS) is 13.6. The van der Waals surface area contributed by atoms with Crippen LogP contribution in [-0.2, 0) is 12.8 Å². The van der Waals surface area contributed by atoms with Crippen molar-refractivity contribution in [3.63, 3.8) is 0 Å². The maximum absolute atomic E-state index is 2.57. The summed E-state index contributed by atoms with van der Waals surface area (Å²) in [6, 6.07) is 36.2. The quantitative estimate of drug-likeness (QED) is 0.234. The van der Waals surface area contributed by atoms with Crippen molar-refractivity contribution in [2.75, 3.05) is 0 Å². The Morgan fingerprint density at radius 1 is 0.543 bits per heavy atom. The summed E-state index contributed by atoms with van der Waals surface area (Å²) in [4.78, 5) is 0. The van der Waals surface area contributed by atoms with E-state index in [-0.39, 0.29) is 0 Å². The van der Waals surface area contributed by atoms with Gasteiger partial charge in [-0.1, -0.05) is 124 Å². The van der Waals surface area contributed by atoms with Crippen molar-refractivity contribution in [3.05, 3.63) is 108 Å². The molecule has 1 aliphatic rings. The van der Waals surface area contributed by atoms with E-state index in [0.29, 0.717) is 0 Å². The molecule has 1 aliphatic heterocycles. The van der Waals surface area contributed by atoms with Crippen LogP contribution < -0.4 is 10.4 Å². The molecule has 172 valence electrons. The van der Waals surface area contributed by atoms with Gasteiger partial charge in [0.1, 0.15) is 8.07 Å². The van der Waals surface area contributed by atoms with E-state index in [4.69, 9.17) is 0 Å². The van der Waals surface area contributed by atoms with E-state index in [2.05, 4.69) is 124 Å². The van der Waals surface area contributed by atoms with Gasteiger partial charge in [0.25, 0.3) is 0 Å². The van der Waals surface area contributed by atoms with Crippen molar-refractivity contribution in [1.82, 2.24) is 0 Å². The molecule has 5 aromatic carbocycles. The van der Waals surface area contributed by atoms with Crippen LogP contribution in [0.4, 0.5) is 0 Å². The third-order valence-electron chi connectivity index (χ3n) is 8.02. The SMILES string of the molecule is CCc1c(CC)c(-c2ccccc2)c2c(c1-c1ccccc1)-c1cccc3cccc(c13)[Si]2(C)C. The van der Waals surface area contributed by atoms with Gasteiger partial charge < -0.3 is 0 Å². The van der Waals surface area contributed by atoms with Gasteiger partial charge in [0, 0.05) is 0 Å². The van der Waals surface area contributed by atoms with Crippen molar-refractivity contribution in [3.8, 4) is 33.4 Å². The smallest absolute Gasteiger partial charge is 0.0622 e. The van der Waals surface area contributed by atoms with Crippen LogP contribution in [0.25, 0.3) is 44.2 Å². The molecular formula is C34H32Si. The molecule has 35 heavy (non-hydrogen) atoms. The molecule has 0 saturated carbocycles. The highest BCUT2D eigenvalue weighted by Gasteiger charge is 2.40. The van der Waals surface area contributed by atoms with Crippen LogP contribution in [0.1, 0.15) is 25.0 Å². The topological polar surface area (TPSA) is 0 Å². The first-order chi connectivity index (χ1) is 17.1. The summed E-state index contributed by atoms with van der Waals surface area (Å²) in [6.45, 7) is 9.82. The summed E-state index contributed by atoms with van der Waals surface area (Å²) in [7, 11) is -2.04. The van der Waals surface area contributed by atoms with E-state index in [1.54, 1.807) is 10.4 Å². The summed E-state index contributed by atoms with van der Waals surface area (Å²) < 4.78 is 0. The zero-order chi connectivity index (χ0) is 24.2. The highest BCUT2D eigenvalue weighted by Crippen LogP contribution is 2.46. The third-order valence-corrected chi connectivity index (χ3v) is 11.5. The summed E-state index contributed by atoms with van der Waals surface area (Å²) in [5.41, 5.74) is 11.6. The van der Waals surface area contributed by atoms with Crippen LogP contribution in [0.2, 0.25) is 13.1 Å². The Balaban J connectivity index is 1.92. The van der Waals surface area contributed by atoms with Crippen molar-refractivity contribution in [2.45, 2.75) is 39.8 Å². The Labute approximate surface area is 210 Å². The molecule has 0 spiro atoms. The highest BCUT2D eigenvalue weighted by molar-refractivity contribution is 7.04. The standard InChI is InChI=1S/C34H32Si/c1-5-26-27(6-2)32(25-17-11-8-12-18-25)34-33(31(26)24-15-9-7-10-16-24)28-21-13-19-23-20-14-22-29(30(23)28)35(34,3)4/h7-22H,5-6H2,1-4H3. The van der Waals surface area contributed by atoms with E-state index in [0.717, 1.165) is 12.8 Å². The predicted molar refractivity (Wildman–Crippen MR) is 156 cm³/mol. The molecule has 1 heteroatoms. The van der Waals surface area contributed by atoms with Crippen LogP contribution in [0.15, 0.2) is 97.1 Å². The summed E-state index contributed by atoms with van der Waals surface area (Å²) in [5.74, 6) is 0. The number of hydrogen-bond donors (Lipinski definition) is 0. The van der Waals surface area contributed by atoms with E-state index >= 15 is 0 Å². The molecule has 0 radical (unpaired) electrons. The fourth-order valence-electron chi connectivity index (χ4n) is 6.58. The van der Waals surface area contributed by atoms with E-state index in [1.165, 1.54) is 55.3 Å². The minimum Gasteiger partial charge on any atom is -0.0622 e. The van der Waals surface area contributed by atoms with Gasteiger partial charge in [-0.3, -0.25) is 0 Å². The van der Waals surface area contributed by atoms with Crippen molar-refractivity contribution in [2.24, 2.45) is 0 Å². The second kappa shape index (κ2) is 8.36. The van der Waals surface area contributed by atoms with E-state index < -0.39 is 8.07 Å². The van der Waals surface area contributed by atoms with Gasteiger partial charge in [-0.2, -0.15) is 0 Å². The number of fused-ring (bicyclic) bond motifs is 2. The zero-order valence-corrected chi connectivity index (χ0v) is 22.2. The molecule has 1 heterocycles. The van der Waals surface area contributed by atoms with Crippen LogP contribution in [0.3, 0.4) is 0 Å². The average Bonchev–Trinajstić information content (AvgIpc) is 2.91. The lowest BCUT2D eigenvalue weighted by Crippen LogP contribution is -2.57. The van der Waals surface area contributed by atoms with Gasteiger partial charge in [-0.25, -0.2) is 0 Å². The second-order valence-electron chi connectivity index (χ2n) is 10.2. The Morgan fingerprint density at radius 3 is 1.69 bits per heavy atom. The van der Waals surface area contributed by atoms with Gasteiger partial charge in [0.2, 0.25) is 0 Å². The summed E-state index contributed by atoms with van der Waals surface area (Å²) >= 11 is 0. The maximum atomic E-state index is 2.57. The van der Waals surface area contributed by atoms with Crippen LogP contribution in [0, 0.1) is 0 Å². The molecule has 0 N–H and O–H groups in total. The van der Waals surface area contributed by atoms with E-state index in [9.17, 15) is 0 Å². The first-order valence-electron chi connectivity index (χ1n) is 12.9. The number of benzene rings is 5. The Hall–Kier alpha value is -3.42. The zero-order valence-electron chi connectivity index (χ0n) is 21.2. The lowest BCUT2D eigenvalue weighted by molar-refractivity contribution is 1.04. The van der Waals surface area contributed by atoms with Gasteiger partial charge >= 0.3 is 0 Å². The molecule has 0 bridgehead atoms. The van der Waals surface area contributed by atoms with Crippen molar-refractivity contribution in [1.29, 1.82) is 0 Å². The largest absolute Gasteiger partial charge is 0.114 e. The third kappa shape index (κ3) is 3.18. The van der Waals surface area contributed by atoms with Gasteiger partial charge in [0.05, 0.1) is 0 Å². The van der Waals surface area contributed by atoms with Gasteiger partial charge in [-0.05, 0) is 78.5 Å². The first kappa shape index (κ1) is 22.1. The average molecular weight is 469 g/mol. The van der Waals surface area contributed by atoms with Gasteiger partial charge in [-0.15, -0.1) is 0 Å². The number of hydrogen-bond acceptors (Lipinski definition) is 0. The Morgan fingerprint density at radius 2 is 1.09 bits per heavy atom. The second-order valence-corrected chi connectivity index (χ2v) is 14.5. The maximum Gasteiger partial charge on any atom is 0.114 e. The molecule has 0 aromatic heterocycles. The van der Waals surface area contributed by atoms with E-state index in [1.807, 2.05) is 0 Å². The molecule has 0 unspecified atom stereocenters. The first-order valence-corrected chi connectivity index (χ1v) is 15.9. The molecule has 5 aromatic rings. The Kier molecular flexibility index (Phi) is 5.27. The van der Waals surface area contributed by atoms with Crippen LogP contribution in [0.5, 0.6) is 0 Å². The molecule has 0 saturated heterocycles. The molecule has 0 aliphatic carbocycles. The lowest BCUT2D eigenvalue weighted by Gasteiger charge is -2.39. The summed E-state index contributed by atoms with van der Waals surface area (Å²) in [6.07, 6.45) is 2.07. The van der Waals surface area contributed by atoms with Crippen molar-refractivity contribution < 1.29 is 0 Å². The molecule has 0 amide bonds. The Bertz CT molecular complexity index is 1550. The molecular weight excluding hydrogens is 436 g/mol. The molecule has 0 atom stereocenters. The fraction of sp³-hybridized carbons (Fsp3) is 0.176. The van der Waals surface area contributed by atoms with Gasteiger partial charge in [0.15, 0.2) is 0 Å². The monoisotopic (exact) mass is 468 g/mol. The van der Waals surface area contributed by atoms with Crippen LogP contribution in [-0.4, -0.2) is 8.07 Å². The fourth-order valence-corrected chi connectivity index (χ4v) is 10.1.